The van der Waals surface area contributed by atoms with E-state index < -0.39 is 0 Å². The maximum Gasteiger partial charge on any atom is 0.266 e. The van der Waals surface area contributed by atoms with E-state index in [1.165, 1.54) is 43.9 Å². The molecule has 7 rings (SSSR count). The third kappa shape index (κ3) is 5.23. The van der Waals surface area contributed by atoms with Crippen LogP contribution in [0.15, 0.2) is 38.6 Å². The molecule has 2 heterocycles. The van der Waals surface area contributed by atoms with Crippen molar-refractivity contribution in [1.82, 2.24) is 4.90 Å². The molecule has 8 nitrogen and oxygen atoms in total. The number of hydrogen-bond donors (Lipinski definition) is 2. The molecular formula is C30H36N4O4S2. The number of furan rings is 1. The van der Waals surface area contributed by atoms with Crippen LogP contribution in [0, 0.1) is 23.7 Å². The first-order valence-electron chi connectivity index (χ1n) is 14.0. The molecule has 4 N–H and O–H groups in total. The fourth-order valence-corrected chi connectivity index (χ4v) is 8.82. The summed E-state index contributed by atoms with van der Waals surface area (Å²) in [5.41, 5.74) is 12.8. The zero-order valence-corrected chi connectivity index (χ0v) is 24.6. The van der Waals surface area contributed by atoms with E-state index >= 15 is 0 Å². The minimum Gasteiger partial charge on any atom is -0.497 e. The minimum absolute atomic E-state index is 0.0138. The number of thioether (sulfide) groups is 1. The molecule has 1 saturated heterocycles. The molecule has 40 heavy (non-hydrogen) atoms. The smallest absolute Gasteiger partial charge is 0.266 e. The molecule has 1 aliphatic heterocycles. The van der Waals surface area contributed by atoms with E-state index in [9.17, 15) is 4.79 Å². The van der Waals surface area contributed by atoms with Crippen molar-refractivity contribution in [3.8, 4) is 22.8 Å². The number of aliphatic imine (C=N–C) groups is 1. The number of carbonyl (C=O) groups excluding carboxylic acids is 1. The Labute approximate surface area is 244 Å². The summed E-state index contributed by atoms with van der Waals surface area (Å²) < 4.78 is 18.0. The van der Waals surface area contributed by atoms with Crippen molar-refractivity contribution < 1.29 is 18.7 Å². The first kappa shape index (κ1) is 27.2. The molecular weight excluding hydrogens is 544 g/mol. The van der Waals surface area contributed by atoms with E-state index in [2.05, 4.69) is 4.99 Å². The number of amides is 1. The zero-order chi connectivity index (χ0) is 28.0. The number of nitrogens with zero attached hydrogens (tertiary/aromatic N) is 2. The van der Waals surface area contributed by atoms with E-state index in [1.807, 2.05) is 35.2 Å². The molecule has 1 aromatic heterocycles. The number of guanidine groups is 1. The highest BCUT2D eigenvalue weighted by molar-refractivity contribution is 8.26. The lowest BCUT2D eigenvalue weighted by Crippen LogP contribution is -2.57. The largest absolute Gasteiger partial charge is 0.497 e. The average Bonchev–Trinajstić information content (AvgIpc) is 3.45. The van der Waals surface area contributed by atoms with Crippen molar-refractivity contribution in [2.24, 2.45) is 40.1 Å². The zero-order valence-electron chi connectivity index (χ0n) is 22.9. The van der Waals surface area contributed by atoms with Crippen LogP contribution >= 0.6 is 24.0 Å². The minimum atomic E-state index is 0.0138. The number of carbonyl (C=O) groups is 1. The first-order chi connectivity index (χ1) is 19.3. The third-order valence-corrected chi connectivity index (χ3v) is 10.3. The molecule has 4 saturated carbocycles. The summed E-state index contributed by atoms with van der Waals surface area (Å²) in [6.45, 7) is 0.504. The molecule has 1 amide bonds. The molecule has 0 unspecified atom stereocenters. The second kappa shape index (κ2) is 11.1. The van der Waals surface area contributed by atoms with Gasteiger partial charge in [0.2, 0.25) is 0 Å². The van der Waals surface area contributed by atoms with E-state index in [1.54, 1.807) is 14.2 Å². The highest BCUT2D eigenvalue weighted by Crippen LogP contribution is 2.56. The fraction of sp³-hybridized carbons (Fsp3) is 0.500. The molecule has 5 fully saturated rings. The molecule has 10 heteroatoms. The van der Waals surface area contributed by atoms with Crippen molar-refractivity contribution >= 4 is 46.2 Å². The lowest BCUT2D eigenvalue weighted by Gasteiger charge is -2.56. The van der Waals surface area contributed by atoms with Gasteiger partial charge in [-0.05, 0) is 92.4 Å². The molecule has 212 valence electrons. The van der Waals surface area contributed by atoms with Crippen molar-refractivity contribution in [2.75, 3.05) is 20.8 Å². The van der Waals surface area contributed by atoms with E-state index in [4.69, 9.17) is 37.6 Å². The molecule has 4 aliphatic carbocycles. The molecule has 4 bridgehead atoms. The molecule has 5 aliphatic rings. The Hall–Kier alpha value is -2.98. The predicted molar refractivity (Wildman–Crippen MR) is 162 cm³/mol. The van der Waals surface area contributed by atoms with E-state index in [-0.39, 0.29) is 17.9 Å². The first-order valence-corrected chi connectivity index (χ1v) is 15.2. The van der Waals surface area contributed by atoms with Crippen LogP contribution in [0.2, 0.25) is 0 Å². The number of rotatable bonds is 9. The van der Waals surface area contributed by atoms with Crippen LogP contribution in [0.1, 0.15) is 49.8 Å². The van der Waals surface area contributed by atoms with Gasteiger partial charge in [0.25, 0.3) is 5.91 Å². The van der Waals surface area contributed by atoms with Crippen molar-refractivity contribution in [2.45, 2.75) is 51.0 Å². The number of aryl methyl sites for hydroxylation is 1. The van der Waals surface area contributed by atoms with Gasteiger partial charge in [-0.3, -0.25) is 14.7 Å². The van der Waals surface area contributed by atoms with Crippen LogP contribution in [-0.4, -0.2) is 47.9 Å². The number of hydrogen-bond acceptors (Lipinski definition) is 7. The number of nitrogens with two attached hydrogens (primary N) is 2. The van der Waals surface area contributed by atoms with Crippen molar-refractivity contribution in [3.05, 3.63) is 40.5 Å². The SMILES string of the molecule is COc1cc(OC)cc(-c2cc(CCCN=C(N)N)c(C=C3SC(=S)N(C4C5CC6CC(C5)CC4C6)C3=O)o2)c1. The fourth-order valence-electron chi connectivity index (χ4n) is 7.50. The van der Waals surface area contributed by atoms with Gasteiger partial charge in [0.15, 0.2) is 5.96 Å². The monoisotopic (exact) mass is 580 g/mol. The topological polar surface area (TPSA) is 116 Å². The van der Waals surface area contributed by atoms with Gasteiger partial charge in [-0.25, -0.2) is 0 Å². The van der Waals surface area contributed by atoms with E-state index in [0.29, 0.717) is 57.0 Å². The highest BCUT2D eigenvalue weighted by Gasteiger charge is 2.53. The highest BCUT2D eigenvalue weighted by atomic mass is 32.2. The summed E-state index contributed by atoms with van der Waals surface area (Å²) in [4.78, 5) is 20.5. The Morgan fingerprint density at radius 1 is 1.07 bits per heavy atom. The van der Waals surface area contributed by atoms with E-state index in [0.717, 1.165) is 29.4 Å². The Morgan fingerprint density at radius 2 is 1.73 bits per heavy atom. The van der Waals surface area contributed by atoms with Gasteiger partial charge < -0.3 is 25.4 Å². The summed E-state index contributed by atoms with van der Waals surface area (Å²) in [5.74, 6) is 5.55. The van der Waals surface area contributed by atoms with Crippen LogP contribution in [0.3, 0.4) is 0 Å². The molecule has 0 spiro atoms. The molecule has 0 atom stereocenters. The quantitative estimate of drug-likeness (QED) is 0.137. The summed E-state index contributed by atoms with van der Waals surface area (Å²) in [6, 6.07) is 7.87. The Morgan fingerprint density at radius 3 is 2.33 bits per heavy atom. The van der Waals surface area contributed by atoms with Crippen LogP contribution in [0.25, 0.3) is 17.4 Å². The van der Waals surface area contributed by atoms with Crippen molar-refractivity contribution in [3.63, 3.8) is 0 Å². The maximum absolute atomic E-state index is 13.9. The van der Waals surface area contributed by atoms with Gasteiger partial charge in [0, 0.05) is 30.3 Å². The third-order valence-electron chi connectivity index (χ3n) is 8.94. The number of methoxy groups -OCH3 is 2. The standard InChI is InChI=1S/C30H36N4O4S2/c1-36-22-11-19(12-23(14-22)37-2)24-13-18(4-3-5-33-29(31)32)25(38-24)15-26-28(35)34(30(39)40-26)27-20-7-16-6-17(9-20)10-21(27)8-16/h11-17,20-21,27H,3-10H2,1-2H3,(H4,31,32,33). The molecule has 2 aromatic rings. The number of benzene rings is 1. The Kier molecular flexibility index (Phi) is 7.56. The van der Waals surface area contributed by atoms with Crippen LogP contribution in [0.5, 0.6) is 11.5 Å². The summed E-state index contributed by atoms with van der Waals surface area (Å²) >= 11 is 7.21. The predicted octanol–water partition coefficient (Wildman–Crippen LogP) is 5.20. The Balaban J connectivity index is 1.30. The second-order valence-electron chi connectivity index (χ2n) is 11.5. The van der Waals surface area contributed by atoms with Crippen LogP contribution in [-0.2, 0) is 11.2 Å². The van der Waals surface area contributed by atoms with Gasteiger partial charge in [0.05, 0.1) is 19.1 Å². The average molecular weight is 581 g/mol. The van der Waals surface area contributed by atoms with Crippen LogP contribution in [0.4, 0.5) is 0 Å². The van der Waals surface area contributed by atoms with Gasteiger partial charge in [0.1, 0.15) is 27.3 Å². The number of ether oxygens (including phenoxy) is 2. The normalized spacial score (nSPS) is 28.0. The molecule has 1 aromatic carbocycles. The number of thiocarbonyl (C=S) groups is 1. The summed E-state index contributed by atoms with van der Waals surface area (Å²) in [7, 11) is 3.24. The Bertz CT molecular complexity index is 1330. The summed E-state index contributed by atoms with van der Waals surface area (Å²) in [5, 5.41) is 0. The van der Waals surface area contributed by atoms with Crippen LogP contribution < -0.4 is 20.9 Å². The summed E-state index contributed by atoms with van der Waals surface area (Å²) in [6.07, 6.45) is 9.60. The van der Waals surface area contributed by atoms with Crippen molar-refractivity contribution in [1.29, 1.82) is 0 Å². The van der Waals surface area contributed by atoms with Gasteiger partial charge >= 0.3 is 0 Å². The lowest BCUT2D eigenvalue weighted by molar-refractivity contribution is -0.130. The van der Waals surface area contributed by atoms with Gasteiger partial charge in [-0.15, -0.1) is 0 Å². The van der Waals surface area contributed by atoms with Gasteiger partial charge in [-0.2, -0.15) is 0 Å². The maximum atomic E-state index is 13.9. The van der Waals surface area contributed by atoms with Gasteiger partial charge in [-0.1, -0.05) is 24.0 Å². The second-order valence-corrected chi connectivity index (χ2v) is 13.2. The lowest BCUT2D eigenvalue weighted by atomic mass is 9.54. The molecule has 0 radical (unpaired) electrons.